The topological polar surface area (TPSA) is 47.6 Å². The molecule has 1 saturated heterocycles. The largest absolute Gasteiger partial charge is 0.486 e. The second-order valence-electron chi connectivity index (χ2n) is 6.48. The summed E-state index contributed by atoms with van der Waals surface area (Å²) in [4.78, 5) is 12.6. The Morgan fingerprint density at radius 3 is 2.86 bits per heavy atom. The molecule has 0 unspecified atom stereocenters. The van der Waals surface area contributed by atoms with Crippen LogP contribution in [0.3, 0.4) is 0 Å². The number of rotatable bonds is 4. The van der Waals surface area contributed by atoms with Gasteiger partial charge in [-0.3, -0.25) is 4.79 Å². The highest BCUT2D eigenvalue weighted by Gasteiger charge is 2.39. The number of para-hydroxylation sites is 2. The Balaban J connectivity index is 1.45. The minimum Gasteiger partial charge on any atom is -0.486 e. The van der Waals surface area contributed by atoms with Gasteiger partial charge in [0.05, 0.1) is 18.9 Å². The van der Waals surface area contributed by atoms with Crippen LogP contribution in [-0.4, -0.2) is 25.2 Å². The highest BCUT2D eigenvalue weighted by Crippen LogP contribution is 2.44. The standard InChI is InChI=1S/C18H21NO3/c20-18(15-10-12-5-6-13(15)9-12)19-16-3-1-2-4-17(16)22-14-7-8-21-11-14/h1-6,12-15H,7-11H2,(H,19,20)/t12-,13-,14-,15+/m0/s1. The third-order valence-corrected chi connectivity index (χ3v) is 4.94. The van der Waals surface area contributed by atoms with Crippen LogP contribution < -0.4 is 10.1 Å². The number of ether oxygens (including phenoxy) is 2. The van der Waals surface area contributed by atoms with Crippen LogP contribution >= 0.6 is 0 Å². The van der Waals surface area contributed by atoms with Gasteiger partial charge in [0.25, 0.3) is 0 Å². The molecule has 3 aliphatic rings. The van der Waals surface area contributed by atoms with Crippen molar-refractivity contribution in [2.24, 2.45) is 17.8 Å². The summed E-state index contributed by atoms with van der Waals surface area (Å²) >= 11 is 0. The monoisotopic (exact) mass is 299 g/mol. The van der Waals surface area contributed by atoms with Gasteiger partial charge >= 0.3 is 0 Å². The number of nitrogens with one attached hydrogen (secondary N) is 1. The molecule has 2 aliphatic carbocycles. The Bertz CT molecular complexity index is 592. The molecule has 1 heterocycles. The predicted molar refractivity (Wildman–Crippen MR) is 83.8 cm³/mol. The Morgan fingerprint density at radius 1 is 1.23 bits per heavy atom. The first-order chi connectivity index (χ1) is 10.8. The fraction of sp³-hybridized carbons (Fsp3) is 0.500. The summed E-state index contributed by atoms with van der Waals surface area (Å²) in [6.45, 7) is 1.37. The lowest BCUT2D eigenvalue weighted by Crippen LogP contribution is -2.26. The maximum atomic E-state index is 12.6. The lowest BCUT2D eigenvalue weighted by molar-refractivity contribution is -0.120. The molecule has 0 spiro atoms. The number of fused-ring (bicyclic) bond motifs is 2. The molecule has 22 heavy (non-hydrogen) atoms. The van der Waals surface area contributed by atoms with Crippen molar-refractivity contribution < 1.29 is 14.3 Å². The molecule has 4 rings (SSSR count). The van der Waals surface area contributed by atoms with E-state index in [1.165, 1.54) is 0 Å². The fourth-order valence-corrected chi connectivity index (χ4v) is 3.77. The Hall–Kier alpha value is -1.81. The van der Waals surface area contributed by atoms with Crippen molar-refractivity contribution in [2.75, 3.05) is 18.5 Å². The minimum atomic E-state index is 0.0866. The zero-order valence-corrected chi connectivity index (χ0v) is 12.5. The molecule has 4 nitrogen and oxygen atoms in total. The van der Waals surface area contributed by atoms with Gasteiger partial charge in [0, 0.05) is 12.3 Å². The van der Waals surface area contributed by atoms with Gasteiger partial charge in [0.1, 0.15) is 11.9 Å². The van der Waals surface area contributed by atoms with Crippen LogP contribution in [0.15, 0.2) is 36.4 Å². The van der Waals surface area contributed by atoms with Crippen LogP contribution in [-0.2, 0) is 9.53 Å². The van der Waals surface area contributed by atoms with Gasteiger partial charge in [-0.25, -0.2) is 0 Å². The number of amides is 1. The first-order valence-corrected chi connectivity index (χ1v) is 8.12. The van der Waals surface area contributed by atoms with Crippen LogP contribution in [0.25, 0.3) is 0 Å². The predicted octanol–water partition coefficient (Wildman–Crippen LogP) is 3.01. The highest BCUT2D eigenvalue weighted by atomic mass is 16.5. The van der Waals surface area contributed by atoms with Gasteiger partial charge in [-0.05, 0) is 36.8 Å². The smallest absolute Gasteiger partial charge is 0.228 e. The zero-order valence-electron chi connectivity index (χ0n) is 12.5. The molecule has 1 aromatic rings. The molecule has 4 heteroatoms. The first-order valence-electron chi connectivity index (χ1n) is 8.12. The molecule has 4 atom stereocenters. The summed E-state index contributed by atoms with van der Waals surface area (Å²) in [6, 6.07) is 7.68. The van der Waals surface area contributed by atoms with E-state index in [2.05, 4.69) is 17.5 Å². The third kappa shape index (κ3) is 2.63. The molecular weight excluding hydrogens is 278 g/mol. The number of hydrogen-bond donors (Lipinski definition) is 1. The van der Waals surface area contributed by atoms with E-state index in [4.69, 9.17) is 9.47 Å². The van der Waals surface area contributed by atoms with Gasteiger partial charge in [-0.1, -0.05) is 24.3 Å². The van der Waals surface area contributed by atoms with Crippen molar-refractivity contribution in [3.05, 3.63) is 36.4 Å². The fourth-order valence-electron chi connectivity index (χ4n) is 3.77. The molecule has 1 saturated carbocycles. The quantitative estimate of drug-likeness (QED) is 0.869. The number of anilines is 1. The summed E-state index contributed by atoms with van der Waals surface area (Å²) in [7, 11) is 0. The molecule has 2 fully saturated rings. The molecule has 0 radical (unpaired) electrons. The molecule has 1 N–H and O–H groups in total. The van der Waals surface area contributed by atoms with Gasteiger partial charge in [-0.2, -0.15) is 0 Å². The van der Waals surface area contributed by atoms with E-state index < -0.39 is 0 Å². The summed E-state index contributed by atoms with van der Waals surface area (Å²) in [5.41, 5.74) is 0.770. The lowest BCUT2D eigenvalue weighted by Gasteiger charge is -2.20. The van der Waals surface area contributed by atoms with E-state index in [-0.39, 0.29) is 17.9 Å². The lowest BCUT2D eigenvalue weighted by atomic mass is 9.93. The molecule has 1 aliphatic heterocycles. The van der Waals surface area contributed by atoms with Crippen molar-refractivity contribution in [3.63, 3.8) is 0 Å². The van der Waals surface area contributed by atoms with E-state index in [9.17, 15) is 4.79 Å². The minimum absolute atomic E-state index is 0.0866. The average molecular weight is 299 g/mol. The van der Waals surface area contributed by atoms with E-state index in [0.29, 0.717) is 18.4 Å². The molecule has 1 amide bonds. The molecule has 1 aromatic carbocycles. The second kappa shape index (κ2) is 5.76. The number of carbonyl (C=O) groups excluding carboxylic acids is 1. The van der Waals surface area contributed by atoms with Crippen LogP contribution in [0.4, 0.5) is 5.69 Å². The molecule has 2 bridgehead atoms. The van der Waals surface area contributed by atoms with E-state index in [1.807, 2.05) is 24.3 Å². The van der Waals surface area contributed by atoms with Crippen LogP contribution in [0.2, 0.25) is 0 Å². The molecule has 0 aromatic heterocycles. The number of carbonyl (C=O) groups is 1. The highest BCUT2D eigenvalue weighted by molar-refractivity contribution is 5.94. The van der Waals surface area contributed by atoms with Crippen LogP contribution in [0, 0.1) is 17.8 Å². The van der Waals surface area contributed by atoms with Crippen molar-refractivity contribution >= 4 is 11.6 Å². The third-order valence-electron chi connectivity index (χ3n) is 4.94. The SMILES string of the molecule is O=C(Nc1ccccc1O[C@H]1CCOC1)[C@@H]1C[C@H]2C=C[C@H]1C2. The van der Waals surface area contributed by atoms with E-state index >= 15 is 0 Å². The van der Waals surface area contributed by atoms with Crippen molar-refractivity contribution in [1.82, 2.24) is 0 Å². The summed E-state index contributed by atoms with van der Waals surface area (Å²) in [5, 5.41) is 3.07. The Kier molecular flexibility index (Phi) is 3.62. The van der Waals surface area contributed by atoms with Gasteiger partial charge in [-0.15, -0.1) is 0 Å². The normalized spacial score (nSPS) is 32.4. The number of benzene rings is 1. The molecule has 116 valence electrons. The van der Waals surface area contributed by atoms with Crippen LogP contribution in [0.5, 0.6) is 5.75 Å². The zero-order chi connectivity index (χ0) is 14.9. The van der Waals surface area contributed by atoms with Gasteiger partial charge in [0.2, 0.25) is 5.91 Å². The van der Waals surface area contributed by atoms with Crippen LogP contribution in [0.1, 0.15) is 19.3 Å². The van der Waals surface area contributed by atoms with Crippen molar-refractivity contribution in [3.8, 4) is 5.75 Å². The first kappa shape index (κ1) is 13.8. The summed E-state index contributed by atoms with van der Waals surface area (Å²) < 4.78 is 11.3. The molecular formula is C18H21NO3. The average Bonchev–Trinajstić information content (AvgIpc) is 3.26. The van der Waals surface area contributed by atoms with Gasteiger partial charge in [0.15, 0.2) is 0 Å². The summed E-state index contributed by atoms with van der Waals surface area (Å²) in [5.74, 6) is 1.99. The maximum absolute atomic E-state index is 12.6. The van der Waals surface area contributed by atoms with Crippen molar-refractivity contribution in [2.45, 2.75) is 25.4 Å². The summed E-state index contributed by atoms with van der Waals surface area (Å²) in [6.07, 6.45) is 7.56. The van der Waals surface area contributed by atoms with E-state index in [1.54, 1.807) is 0 Å². The van der Waals surface area contributed by atoms with Crippen molar-refractivity contribution in [1.29, 1.82) is 0 Å². The maximum Gasteiger partial charge on any atom is 0.228 e. The number of hydrogen-bond acceptors (Lipinski definition) is 3. The van der Waals surface area contributed by atoms with Gasteiger partial charge < -0.3 is 14.8 Å². The van der Waals surface area contributed by atoms with E-state index in [0.717, 1.165) is 37.3 Å². The Morgan fingerprint density at radius 2 is 2.14 bits per heavy atom. The number of allylic oxidation sites excluding steroid dienone is 2. The Labute approximate surface area is 130 Å². The second-order valence-corrected chi connectivity index (χ2v) is 6.48.